The zero-order valence-corrected chi connectivity index (χ0v) is 16.1. The highest BCUT2D eigenvalue weighted by Gasteiger charge is 2.37. The molecule has 5 heteroatoms. The topological polar surface area (TPSA) is 50.5 Å². The van der Waals surface area contributed by atoms with E-state index in [1.54, 1.807) is 0 Å². The van der Waals surface area contributed by atoms with E-state index in [0.717, 1.165) is 57.6 Å². The molecule has 2 saturated heterocycles. The summed E-state index contributed by atoms with van der Waals surface area (Å²) in [6, 6.07) is 8.36. The van der Waals surface area contributed by atoms with Gasteiger partial charge in [0.05, 0.1) is 18.0 Å². The highest BCUT2D eigenvalue weighted by Crippen LogP contribution is 2.38. The van der Waals surface area contributed by atoms with Crippen LogP contribution in [0.2, 0.25) is 0 Å². The number of aliphatic hydroxyl groups is 1. The van der Waals surface area contributed by atoms with Gasteiger partial charge < -0.3 is 14.4 Å². The van der Waals surface area contributed by atoms with Gasteiger partial charge in [-0.15, -0.1) is 0 Å². The van der Waals surface area contributed by atoms with E-state index in [9.17, 15) is 5.11 Å². The summed E-state index contributed by atoms with van der Waals surface area (Å²) < 4.78 is 8.17. The van der Waals surface area contributed by atoms with E-state index in [1.165, 1.54) is 18.5 Å². The SMILES string of the molecule is OCC1(CC2CCCCO2)CCN(Cc2cccn2-c2cccnc2)CC1. The second kappa shape index (κ2) is 8.55. The van der Waals surface area contributed by atoms with Crippen molar-refractivity contribution in [2.45, 2.75) is 51.2 Å². The molecule has 0 aromatic carbocycles. The summed E-state index contributed by atoms with van der Waals surface area (Å²) in [5.74, 6) is 0. The van der Waals surface area contributed by atoms with E-state index in [2.05, 4.69) is 38.8 Å². The molecular formula is C22H31N3O2. The van der Waals surface area contributed by atoms with Gasteiger partial charge in [0.25, 0.3) is 0 Å². The van der Waals surface area contributed by atoms with Gasteiger partial charge in [0.2, 0.25) is 0 Å². The van der Waals surface area contributed by atoms with Crippen molar-refractivity contribution in [3.63, 3.8) is 0 Å². The van der Waals surface area contributed by atoms with Gasteiger partial charge in [0.15, 0.2) is 0 Å². The molecule has 0 spiro atoms. The Balaban J connectivity index is 1.36. The Labute approximate surface area is 162 Å². The molecule has 2 fully saturated rings. The lowest BCUT2D eigenvalue weighted by Crippen LogP contribution is -2.44. The summed E-state index contributed by atoms with van der Waals surface area (Å²) in [6.07, 6.45) is 12.9. The minimum atomic E-state index is 0.0455. The molecule has 5 nitrogen and oxygen atoms in total. The molecule has 2 aliphatic rings. The maximum atomic E-state index is 10.1. The Hall–Kier alpha value is -1.69. The van der Waals surface area contributed by atoms with Crippen molar-refractivity contribution in [3.05, 3.63) is 48.5 Å². The minimum absolute atomic E-state index is 0.0455. The molecule has 1 atom stereocenters. The Morgan fingerprint density at radius 1 is 1.19 bits per heavy atom. The second-order valence-electron chi connectivity index (χ2n) is 8.21. The second-order valence-corrected chi connectivity index (χ2v) is 8.21. The number of ether oxygens (including phenoxy) is 1. The van der Waals surface area contributed by atoms with Crippen LogP contribution in [-0.2, 0) is 11.3 Å². The number of aliphatic hydroxyl groups excluding tert-OH is 1. The van der Waals surface area contributed by atoms with E-state index >= 15 is 0 Å². The molecule has 1 unspecified atom stereocenters. The minimum Gasteiger partial charge on any atom is -0.396 e. The van der Waals surface area contributed by atoms with E-state index in [1.807, 2.05) is 18.5 Å². The van der Waals surface area contributed by atoms with Crippen LogP contribution in [-0.4, -0.2) is 52.0 Å². The third-order valence-electron chi connectivity index (χ3n) is 6.33. The van der Waals surface area contributed by atoms with E-state index in [-0.39, 0.29) is 12.0 Å². The molecule has 2 aromatic heterocycles. The first-order valence-corrected chi connectivity index (χ1v) is 10.3. The summed E-state index contributed by atoms with van der Waals surface area (Å²) in [4.78, 5) is 6.75. The Morgan fingerprint density at radius 2 is 2.07 bits per heavy atom. The molecule has 4 heterocycles. The molecule has 1 N–H and O–H groups in total. The molecule has 0 radical (unpaired) electrons. The molecule has 2 aliphatic heterocycles. The molecular weight excluding hydrogens is 338 g/mol. The van der Waals surface area contributed by atoms with Crippen LogP contribution in [0.5, 0.6) is 0 Å². The Bertz CT molecular complexity index is 701. The van der Waals surface area contributed by atoms with Gasteiger partial charge >= 0.3 is 0 Å². The monoisotopic (exact) mass is 369 g/mol. The fraction of sp³-hybridized carbons (Fsp3) is 0.591. The molecule has 146 valence electrons. The number of hydrogen-bond donors (Lipinski definition) is 1. The smallest absolute Gasteiger partial charge is 0.0636 e. The van der Waals surface area contributed by atoms with Crippen LogP contribution in [0.3, 0.4) is 0 Å². The summed E-state index contributed by atoms with van der Waals surface area (Å²) in [5.41, 5.74) is 2.44. The average molecular weight is 370 g/mol. The van der Waals surface area contributed by atoms with Crippen LogP contribution >= 0.6 is 0 Å². The van der Waals surface area contributed by atoms with Crippen molar-refractivity contribution < 1.29 is 9.84 Å². The summed E-state index contributed by atoms with van der Waals surface area (Å²) >= 11 is 0. The van der Waals surface area contributed by atoms with Crippen LogP contribution in [0.15, 0.2) is 42.9 Å². The molecule has 4 rings (SSSR count). The van der Waals surface area contributed by atoms with Crippen LogP contribution in [0.4, 0.5) is 0 Å². The number of aromatic nitrogens is 2. The van der Waals surface area contributed by atoms with Crippen molar-refractivity contribution in [2.24, 2.45) is 5.41 Å². The van der Waals surface area contributed by atoms with Crippen molar-refractivity contribution in [3.8, 4) is 5.69 Å². The fourth-order valence-electron chi connectivity index (χ4n) is 4.59. The maximum absolute atomic E-state index is 10.1. The van der Waals surface area contributed by atoms with E-state index in [0.29, 0.717) is 6.10 Å². The van der Waals surface area contributed by atoms with E-state index < -0.39 is 0 Å². The highest BCUT2D eigenvalue weighted by molar-refractivity contribution is 5.32. The Morgan fingerprint density at radius 3 is 2.78 bits per heavy atom. The number of pyridine rings is 1. The summed E-state index contributed by atoms with van der Waals surface area (Å²) in [7, 11) is 0. The predicted molar refractivity (Wildman–Crippen MR) is 106 cm³/mol. The van der Waals surface area contributed by atoms with Crippen LogP contribution in [0.25, 0.3) is 5.69 Å². The van der Waals surface area contributed by atoms with Crippen molar-refractivity contribution in [2.75, 3.05) is 26.3 Å². The molecule has 0 amide bonds. The van der Waals surface area contributed by atoms with Gasteiger partial charge in [-0.05, 0) is 81.3 Å². The lowest BCUT2D eigenvalue weighted by Gasteiger charge is -2.43. The number of nitrogens with zero attached hydrogens (tertiary/aromatic N) is 3. The van der Waals surface area contributed by atoms with Crippen molar-refractivity contribution in [1.82, 2.24) is 14.5 Å². The molecule has 0 saturated carbocycles. The first kappa shape index (κ1) is 18.7. The largest absolute Gasteiger partial charge is 0.396 e. The van der Waals surface area contributed by atoms with Gasteiger partial charge in [-0.3, -0.25) is 9.88 Å². The Kier molecular flexibility index (Phi) is 5.91. The van der Waals surface area contributed by atoms with Gasteiger partial charge in [-0.2, -0.15) is 0 Å². The fourth-order valence-corrected chi connectivity index (χ4v) is 4.59. The van der Waals surface area contributed by atoms with Gasteiger partial charge in [-0.1, -0.05) is 0 Å². The van der Waals surface area contributed by atoms with Crippen LogP contribution < -0.4 is 0 Å². The third kappa shape index (κ3) is 4.42. The zero-order valence-electron chi connectivity index (χ0n) is 16.1. The van der Waals surface area contributed by atoms with Gasteiger partial charge in [0.1, 0.15) is 0 Å². The van der Waals surface area contributed by atoms with Gasteiger partial charge in [0, 0.05) is 37.8 Å². The van der Waals surface area contributed by atoms with Crippen LogP contribution in [0, 0.1) is 5.41 Å². The van der Waals surface area contributed by atoms with Crippen molar-refractivity contribution >= 4 is 0 Å². The lowest BCUT2D eigenvalue weighted by atomic mass is 9.74. The molecule has 0 bridgehead atoms. The van der Waals surface area contributed by atoms with E-state index in [4.69, 9.17) is 4.74 Å². The predicted octanol–water partition coefficient (Wildman–Crippen LogP) is 3.41. The summed E-state index contributed by atoms with van der Waals surface area (Å²) in [6.45, 7) is 4.18. The zero-order chi connectivity index (χ0) is 18.5. The van der Waals surface area contributed by atoms with Crippen molar-refractivity contribution in [1.29, 1.82) is 0 Å². The first-order chi connectivity index (χ1) is 13.3. The molecule has 27 heavy (non-hydrogen) atoms. The quantitative estimate of drug-likeness (QED) is 0.848. The molecule has 2 aromatic rings. The average Bonchev–Trinajstić information content (AvgIpc) is 3.19. The summed E-state index contributed by atoms with van der Waals surface area (Å²) in [5, 5.41) is 10.1. The maximum Gasteiger partial charge on any atom is 0.0636 e. The third-order valence-corrected chi connectivity index (χ3v) is 6.33. The highest BCUT2D eigenvalue weighted by atomic mass is 16.5. The lowest BCUT2D eigenvalue weighted by molar-refractivity contribution is -0.0487. The number of rotatable bonds is 6. The molecule has 0 aliphatic carbocycles. The number of hydrogen-bond acceptors (Lipinski definition) is 4. The first-order valence-electron chi connectivity index (χ1n) is 10.3. The van der Waals surface area contributed by atoms with Crippen LogP contribution in [0.1, 0.15) is 44.2 Å². The normalized spacial score (nSPS) is 23.4. The standard InChI is InChI=1S/C22H31N3O2/c26-18-22(15-21-7-1-2-14-27-21)8-12-24(13-9-22)17-20-6-4-11-25(20)19-5-3-10-23-16-19/h3-6,10-11,16,21,26H,1-2,7-9,12-15,17-18H2. The van der Waals surface area contributed by atoms with Gasteiger partial charge in [-0.25, -0.2) is 0 Å². The number of piperidine rings is 1. The number of likely N-dealkylation sites (tertiary alicyclic amines) is 1.